The van der Waals surface area contributed by atoms with E-state index in [0.29, 0.717) is 17.1 Å². The van der Waals surface area contributed by atoms with Gasteiger partial charge in [0.25, 0.3) is 11.8 Å². The summed E-state index contributed by atoms with van der Waals surface area (Å²) in [5.41, 5.74) is 2.28. The first-order valence-electron chi connectivity index (χ1n) is 7.84. The van der Waals surface area contributed by atoms with Crippen LogP contribution in [0, 0.1) is 0 Å². The van der Waals surface area contributed by atoms with Crippen molar-refractivity contribution in [3.63, 3.8) is 0 Å². The van der Waals surface area contributed by atoms with Gasteiger partial charge in [-0.15, -0.1) is 0 Å². The fourth-order valence-corrected chi connectivity index (χ4v) is 2.83. The Bertz CT molecular complexity index is 859. The molecule has 0 fully saturated rings. The quantitative estimate of drug-likeness (QED) is 0.830. The van der Waals surface area contributed by atoms with Crippen LogP contribution in [0.3, 0.4) is 0 Å². The molecule has 2 amide bonds. The van der Waals surface area contributed by atoms with E-state index < -0.39 is 11.8 Å². The van der Waals surface area contributed by atoms with Gasteiger partial charge in [0.1, 0.15) is 16.5 Å². The summed E-state index contributed by atoms with van der Waals surface area (Å²) in [5, 5.41) is 2.81. The van der Waals surface area contributed by atoms with E-state index in [1.807, 2.05) is 24.3 Å². The van der Waals surface area contributed by atoms with Crippen LogP contribution >= 0.6 is 11.6 Å². The van der Waals surface area contributed by atoms with Crippen molar-refractivity contribution in [2.45, 2.75) is 13.3 Å². The van der Waals surface area contributed by atoms with E-state index in [-0.39, 0.29) is 10.7 Å². The van der Waals surface area contributed by atoms with Crippen molar-refractivity contribution in [2.24, 2.45) is 0 Å². The molecule has 2 aromatic rings. The molecule has 5 nitrogen and oxygen atoms in total. The highest BCUT2D eigenvalue weighted by Crippen LogP contribution is 2.35. The van der Waals surface area contributed by atoms with E-state index in [0.717, 1.165) is 11.3 Å². The Morgan fingerprint density at radius 1 is 1.04 bits per heavy atom. The number of aryl methyl sites for hydroxylation is 1. The molecule has 1 N–H and O–H groups in total. The SMILES string of the molecule is CCc1ccc(NC2=C(Cl)C(=O)N(c3ccccc3OC)C2=O)cc1. The number of carbonyl (C=O) groups is 2. The Kier molecular flexibility index (Phi) is 4.76. The molecule has 3 rings (SSSR count). The van der Waals surface area contributed by atoms with E-state index in [4.69, 9.17) is 16.3 Å². The van der Waals surface area contributed by atoms with Crippen molar-refractivity contribution in [1.29, 1.82) is 0 Å². The fourth-order valence-electron chi connectivity index (χ4n) is 2.61. The van der Waals surface area contributed by atoms with Gasteiger partial charge in [0.15, 0.2) is 0 Å². The van der Waals surface area contributed by atoms with Gasteiger partial charge in [0, 0.05) is 5.69 Å². The van der Waals surface area contributed by atoms with Gasteiger partial charge < -0.3 is 10.1 Å². The topological polar surface area (TPSA) is 58.6 Å². The van der Waals surface area contributed by atoms with Gasteiger partial charge in [-0.3, -0.25) is 9.59 Å². The molecule has 2 aromatic carbocycles. The van der Waals surface area contributed by atoms with Crippen LogP contribution in [0.1, 0.15) is 12.5 Å². The average molecular weight is 357 g/mol. The number of ether oxygens (including phenoxy) is 1. The van der Waals surface area contributed by atoms with E-state index in [2.05, 4.69) is 12.2 Å². The Labute approximate surface area is 150 Å². The van der Waals surface area contributed by atoms with Crippen LogP contribution in [-0.2, 0) is 16.0 Å². The molecule has 0 atom stereocenters. The minimum Gasteiger partial charge on any atom is -0.495 e. The lowest BCUT2D eigenvalue weighted by molar-refractivity contribution is -0.120. The number of imide groups is 1. The second-order valence-corrected chi connectivity index (χ2v) is 5.86. The Morgan fingerprint density at radius 3 is 2.36 bits per heavy atom. The van der Waals surface area contributed by atoms with Crippen molar-refractivity contribution in [3.8, 4) is 5.75 Å². The summed E-state index contributed by atoms with van der Waals surface area (Å²) >= 11 is 6.14. The van der Waals surface area contributed by atoms with Gasteiger partial charge in [-0.25, -0.2) is 4.90 Å². The summed E-state index contributed by atoms with van der Waals surface area (Å²) in [6, 6.07) is 14.4. The third kappa shape index (κ3) is 3.10. The largest absolute Gasteiger partial charge is 0.495 e. The third-order valence-corrected chi connectivity index (χ3v) is 4.34. The number of amides is 2. The summed E-state index contributed by atoms with van der Waals surface area (Å²) in [7, 11) is 1.48. The van der Waals surface area contributed by atoms with E-state index in [1.54, 1.807) is 24.3 Å². The standard InChI is InChI=1S/C19H17ClN2O3/c1-3-12-8-10-13(11-9-12)21-17-16(20)18(23)22(19(17)24)14-6-4-5-7-15(14)25-2/h4-11,21H,3H2,1-2H3. The molecule has 1 heterocycles. The third-order valence-electron chi connectivity index (χ3n) is 3.98. The van der Waals surface area contributed by atoms with Crippen LogP contribution in [0.2, 0.25) is 0 Å². The molecule has 0 aromatic heterocycles. The van der Waals surface area contributed by atoms with Crippen LogP contribution in [0.5, 0.6) is 5.75 Å². The second kappa shape index (κ2) is 6.99. The van der Waals surface area contributed by atoms with Crippen molar-refractivity contribution in [1.82, 2.24) is 0 Å². The number of carbonyl (C=O) groups excluding carboxylic acids is 2. The molecule has 128 valence electrons. The first kappa shape index (κ1) is 17.0. The summed E-state index contributed by atoms with van der Waals surface area (Å²) in [6.45, 7) is 2.06. The number of halogens is 1. The first-order valence-corrected chi connectivity index (χ1v) is 8.22. The molecule has 6 heteroatoms. The predicted molar refractivity (Wildman–Crippen MR) is 97.8 cm³/mol. The van der Waals surface area contributed by atoms with Crippen molar-refractivity contribution < 1.29 is 14.3 Å². The maximum Gasteiger partial charge on any atom is 0.283 e. The van der Waals surface area contributed by atoms with Gasteiger partial charge in [0.05, 0.1) is 12.8 Å². The average Bonchev–Trinajstić information content (AvgIpc) is 2.85. The number of hydrogen-bond donors (Lipinski definition) is 1. The maximum absolute atomic E-state index is 12.8. The van der Waals surface area contributed by atoms with Gasteiger partial charge in [-0.1, -0.05) is 42.8 Å². The van der Waals surface area contributed by atoms with E-state index >= 15 is 0 Å². The van der Waals surface area contributed by atoms with E-state index in [9.17, 15) is 9.59 Å². The molecule has 0 bridgehead atoms. The molecular formula is C19H17ClN2O3. The van der Waals surface area contributed by atoms with Crippen LogP contribution in [0.15, 0.2) is 59.3 Å². The lowest BCUT2D eigenvalue weighted by atomic mass is 10.1. The maximum atomic E-state index is 12.8. The highest BCUT2D eigenvalue weighted by molar-refractivity contribution is 6.53. The number of methoxy groups -OCH3 is 1. The number of nitrogens with zero attached hydrogens (tertiary/aromatic N) is 1. The van der Waals surface area contributed by atoms with Gasteiger partial charge in [-0.05, 0) is 36.2 Å². The molecule has 1 aliphatic heterocycles. The normalized spacial score (nSPS) is 14.3. The number of hydrogen-bond acceptors (Lipinski definition) is 4. The van der Waals surface area contributed by atoms with Crippen LogP contribution in [-0.4, -0.2) is 18.9 Å². The Morgan fingerprint density at radius 2 is 1.72 bits per heavy atom. The Balaban J connectivity index is 1.91. The number of para-hydroxylation sites is 2. The van der Waals surface area contributed by atoms with Gasteiger partial charge >= 0.3 is 0 Å². The first-order chi connectivity index (χ1) is 12.1. The summed E-state index contributed by atoms with van der Waals surface area (Å²) < 4.78 is 5.24. The molecule has 0 aliphatic carbocycles. The number of rotatable bonds is 5. The Hall–Kier alpha value is -2.79. The summed E-state index contributed by atoms with van der Waals surface area (Å²) in [6.07, 6.45) is 0.919. The highest BCUT2D eigenvalue weighted by atomic mass is 35.5. The van der Waals surface area contributed by atoms with Crippen molar-refractivity contribution in [2.75, 3.05) is 17.3 Å². The van der Waals surface area contributed by atoms with Crippen molar-refractivity contribution >= 4 is 34.8 Å². The molecule has 0 spiro atoms. The zero-order valence-corrected chi connectivity index (χ0v) is 14.6. The molecule has 25 heavy (non-hydrogen) atoms. The van der Waals surface area contributed by atoms with Gasteiger partial charge in [0.2, 0.25) is 0 Å². The highest BCUT2D eigenvalue weighted by Gasteiger charge is 2.40. The van der Waals surface area contributed by atoms with Gasteiger partial charge in [-0.2, -0.15) is 0 Å². The summed E-state index contributed by atoms with van der Waals surface area (Å²) in [4.78, 5) is 26.3. The number of nitrogens with one attached hydrogen (secondary N) is 1. The molecule has 0 unspecified atom stereocenters. The lowest BCUT2D eigenvalue weighted by Gasteiger charge is -2.17. The molecule has 0 saturated heterocycles. The number of benzene rings is 2. The minimum absolute atomic E-state index is 0.0572. The zero-order chi connectivity index (χ0) is 18.0. The minimum atomic E-state index is -0.580. The zero-order valence-electron chi connectivity index (χ0n) is 13.9. The lowest BCUT2D eigenvalue weighted by Crippen LogP contribution is -2.32. The van der Waals surface area contributed by atoms with Crippen LogP contribution < -0.4 is 15.0 Å². The monoisotopic (exact) mass is 356 g/mol. The van der Waals surface area contributed by atoms with Crippen LogP contribution in [0.4, 0.5) is 11.4 Å². The molecule has 0 radical (unpaired) electrons. The smallest absolute Gasteiger partial charge is 0.283 e. The summed E-state index contributed by atoms with van der Waals surface area (Å²) in [5.74, 6) is -0.676. The predicted octanol–water partition coefficient (Wildman–Crippen LogP) is 3.69. The molecular weight excluding hydrogens is 340 g/mol. The van der Waals surface area contributed by atoms with E-state index in [1.165, 1.54) is 12.7 Å². The molecule has 0 saturated carbocycles. The van der Waals surface area contributed by atoms with Crippen LogP contribution in [0.25, 0.3) is 0 Å². The molecule has 1 aliphatic rings. The number of anilines is 2. The second-order valence-electron chi connectivity index (χ2n) is 5.48. The fraction of sp³-hybridized carbons (Fsp3) is 0.158. The van der Waals surface area contributed by atoms with Crippen molar-refractivity contribution in [3.05, 3.63) is 64.8 Å².